The number of para-hydroxylation sites is 1. The van der Waals surface area contributed by atoms with Crippen LogP contribution in [0.3, 0.4) is 0 Å². The molecule has 0 aromatic heterocycles. The Bertz CT molecular complexity index is 348. The van der Waals surface area contributed by atoms with Crippen molar-refractivity contribution in [3.63, 3.8) is 0 Å². The first kappa shape index (κ1) is 11.1. The summed E-state index contributed by atoms with van der Waals surface area (Å²) in [5.74, 6) is 0.283. The Kier molecular flexibility index (Phi) is 4.50. The van der Waals surface area contributed by atoms with Crippen LogP contribution >= 0.6 is 23.2 Å². The van der Waals surface area contributed by atoms with Crippen LogP contribution in [-0.2, 0) is 4.79 Å². The molecule has 0 amide bonds. The lowest BCUT2D eigenvalue weighted by atomic mass is 10.3. The maximum absolute atomic E-state index is 11.0. The van der Waals surface area contributed by atoms with Gasteiger partial charge in [0.05, 0.1) is 5.02 Å². The number of hydrogen-bond acceptors (Lipinski definition) is 2. The fourth-order valence-corrected chi connectivity index (χ4v) is 1.16. The van der Waals surface area contributed by atoms with Gasteiger partial charge in [-0.05, 0) is 18.2 Å². The van der Waals surface area contributed by atoms with E-state index in [0.29, 0.717) is 10.8 Å². The fourth-order valence-electron chi connectivity index (χ4n) is 0.829. The standard InChI is InChI=1S/C10H8Cl2O2/c11-6-5-8(13)7-14-10-4-2-1-3-9(10)12/h1-6H,7H2/b6-5+. The summed E-state index contributed by atoms with van der Waals surface area (Å²) < 4.78 is 5.16. The van der Waals surface area contributed by atoms with Crippen molar-refractivity contribution in [2.24, 2.45) is 0 Å². The minimum atomic E-state index is -0.208. The van der Waals surface area contributed by atoms with Gasteiger partial charge < -0.3 is 4.74 Å². The van der Waals surface area contributed by atoms with Gasteiger partial charge in [0.15, 0.2) is 12.4 Å². The lowest BCUT2D eigenvalue weighted by molar-refractivity contribution is -0.116. The van der Waals surface area contributed by atoms with Crippen LogP contribution in [0.25, 0.3) is 0 Å². The highest BCUT2D eigenvalue weighted by atomic mass is 35.5. The van der Waals surface area contributed by atoms with E-state index >= 15 is 0 Å². The van der Waals surface area contributed by atoms with Gasteiger partial charge in [-0.2, -0.15) is 0 Å². The molecule has 14 heavy (non-hydrogen) atoms. The lowest BCUT2D eigenvalue weighted by Gasteiger charge is -2.04. The summed E-state index contributed by atoms with van der Waals surface area (Å²) in [6.07, 6.45) is 1.23. The third-order valence-electron chi connectivity index (χ3n) is 1.46. The molecule has 0 N–H and O–H groups in total. The first-order valence-electron chi connectivity index (χ1n) is 3.91. The summed E-state index contributed by atoms with van der Waals surface area (Å²) in [5.41, 5.74) is 1.15. The van der Waals surface area contributed by atoms with Gasteiger partial charge in [-0.1, -0.05) is 35.3 Å². The van der Waals surface area contributed by atoms with Crippen molar-refractivity contribution in [1.82, 2.24) is 0 Å². The Morgan fingerprint density at radius 2 is 2.14 bits per heavy atom. The maximum Gasteiger partial charge on any atom is 0.193 e. The van der Waals surface area contributed by atoms with Crippen LogP contribution in [0.1, 0.15) is 0 Å². The quantitative estimate of drug-likeness (QED) is 0.744. The van der Waals surface area contributed by atoms with Crippen LogP contribution in [0.15, 0.2) is 35.9 Å². The molecule has 0 aliphatic heterocycles. The molecule has 0 radical (unpaired) electrons. The van der Waals surface area contributed by atoms with Crippen LogP contribution in [0.4, 0.5) is 0 Å². The molecule has 0 heterocycles. The van der Waals surface area contributed by atoms with Crippen LogP contribution in [0.5, 0.6) is 5.75 Å². The molecule has 0 fully saturated rings. The summed E-state index contributed by atoms with van der Waals surface area (Å²) in [5, 5.41) is 0.482. The fraction of sp³-hybridized carbons (Fsp3) is 0.100. The Morgan fingerprint density at radius 1 is 1.43 bits per heavy atom. The molecule has 0 aliphatic carbocycles. The van der Waals surface area contributed by atoms with Gasteiger partial charge in [-0.25, -0.2) is 0 Å². The third kappa shape index (κ3) is 3.40. The van der Waals surface area contributed by atoms with Crippen molar-refractivity contribution in [2.45, 2.75) is 0 Å². The van der Waals surface area contributed by atoms with Gasteiger partial charge in [0.25, 0.3) is 0 Å². The van der Waals surface area contributed by atoms with E-state index < -0.39 is 0 Å². The lowest BCUT2D eigenvalue weighted by Crippen LogP contribution is -2.08. The average Bonchev–Trinajstić information content (AvgIpc) is 2.17. The predicted octanol–water partition coefficient (Wildman–Crippen LogP) is 3.04. The highest BCUT2D eigenvalue weighted by Crippen LogP contribution is 2.22. The first-order chi connectivity index (χ1) is 6.74. The number of ketones is 1. The first-order valence-corrected chi connectivity index (χ1v) is 4.72. The van der Waals surface area contributed by atoms with E-state index in [4.69, 9.17) is 27.9 Å². The van der Waals surface area contributed by atoms with Gasteiger partial charge in [0, 0.05) is 5.54 Å². The van der Waals surface area contributed by atoms with Crippen molar-refractivity contribution < 1.29 is 9.53 Å². The molecule has 74 valence electrons. The van der Waals surface area contributed by atoms with Gasteiger partial charge in [0.1, 0.15) is 5.75 Å². The monoisotopic (exact) mass is 230 g/mol. The molecule has 1 aromatic carbocycles. The molecule has 2 nitrogen and oxygen atoms in total. The molecule has 0 saturated heterocycles. The number of hydrogen-bond donors (Lipinski definition) is 0. The molecule has 0 bridgehead atoms. The van der Waals surface area contributed by atoms with E-state index in [1.165, 1.54) is 6.08 Å². The van der Waals surface area contributed by atoms with Crippen molar-refractivity contribution in [3.05, 3.63) is 40.9 Å². The maximum atomic E-state index is 11.0. The van der Waals surface area contributed by atoms with Gasteiger partial charge >= 0.3 is 0 Å². The number of halogens is 2. The van der Waals surface area contributed by atoms with E-state index in [2.05, 4.69) is 0 Å². The zero-order chi connectivity index (χ0) is 10.4. The highest BCUT2D eigenvalue weighted by Gasteiger charge is 2.01. The van der Waals surface area contributed by atoms with E-state index in [1.807, 2.05) is 0 Å². The van der Waals surface area contributed by atoms with Crippen molar-refractivity contribution in [3.8, 4) is 5.75 Å². The molecular formula is C10H8Cl2O2. The number of rotatable bonds is 4. The molecule has 0 unspecified atom stereocenters. The molecular weight excluding hydrogens is 223 g/mol. The van der Waals surface area contributed by atoms with Crippen LogP contribution in [0.2, 0.25) is 5.02 Å². The van der Waals surface area contributed by atoms with E-state index in [1.54, 1.807) is 24.3 Å². The minimum absolute atomic E-state index is 0.0625. The van der Waals surface area contributed by atoms with Crippen LogP contribution in [-0.4, -0.2) is 12.4 Å². The van der Waals surface area contributed by atoms with E-state index in [-0.39, 0.29) is 12.4 Å². The number of carbonyl (C=O) groups excluding carboxylic acids is 1. The van der Waals surface area contributed by atoms with Gasteiger partial charge in [-0.15, -0.1) is 0 Å². The Hall–Kier alpha value is -0.990. The molecule has 0 atom stereocenters. The number of benzene rings is 1. The molecule has 0 spiro atoms. The molecule has 1 aromatic rings. The average molecular weight is 231 g/mol. The van der Waals surface area contributed by atoms with Gasteiger partial charge in [-0.3, -0.25) is 4.79 Å². The number of ether oxygens (including phenoxy) is 1. The summed E-state index contributed by atoms with van der Waals surface area (Å²) >= 11 is 11.0. The van der Waals surface area contributed by atoms with Crippen molar-refractivity contribution >= 4 is 29.0 Å². The third-order valence-corrected chi connectivity index (χ3v) is 1.89. The topological polar surface area (TPSA) is 26.3 Å². The van der Waals surface area contributed by atoms with Crippen molar-refractivity contribution in [1.29, 1.82) is 0 Å². The second-order valence-corrected chi connectivity index (χ2v) is 3.14. The summed E-state index contributed by atoms with van der Waals surface area (Å²) in [7, 11) is 0. The van der Waals surface area contributed by atoms with Gasteiger partial charge in [0.2, 0.25) is 0 Å². The summed E-state index contributed by atoms with van der Waals surface area (Å²) in [4.78, 5) is 11.0. The number of carbonyl (C=O) groups is 1. The minimum Gasteiger partial charge on any atom is -0.484 e. The zero-order valence-corrected chi connectivity index (χ0v) is 8.76. The zero-order valence-electron chi connectivity index (χ0n) is 7.24. The van der Waals surface area contributed by atoms with E-state index in [9.17, 15) is 4.79 Å². The molecule has 1 rings (SSSR count). The Morgan fingerprint density at radius 3 is 2.79 bits per heavy atom. The second kappa shape index (κ2) is 5.68. The Labute approximate surface area is 92.1 Å². The van der Waals surface area contributed by atoms with Crippen LogP contribution in [0, 0.1) is 0 Å². The molecule has 0 aliphatic rings. The normalized spacial score (nSPS) is 10.4. The largest absolute Gasteiger partial charge is 0.484 e. The van der Waals surface area contributed by atoms with Crippen molar-refractivity contribution in [2.75, 3.05) is 6.61 Å². The summed E-state index contributed by atoms with van der Waals surface area (Å²) in [6.45, 7) is -0.0625. The summed E-state index contributed by atoms with van der Waals surface area (Å²) in [6, 6.07) is 6.96. The smallest absolute Gasteiger partial charge is 0.193 e. The van der Waals surface area contributed by atoms with E-state index in [0.717, 1.165) is 5.54 Å². The predicted molar refractivity (Wildman–Crippen MR) is 56.9 cm³/mol. The molecule has 0 saturated carbocycles. The Balaban J connectivity index is 2.54. The second-order valence-electron chi connectivity index (χ2n) is 2.48. The molecule has 4 heteroatoms. The SMILES string of the molecule is O=C(/C=C/Cl)COc1ccccc1Cl. The highest BCUT2D eigenvalue weighted by molar-refractivity contribution is 6.32. The van der Waals surface area contributed by atoms with Crippen LogP contribution < -0.4 is 4.74 Å².